The third-order valence-electron chi connectivity index (χ3n) is 4.13. The summed E-state index contributed by atoms with van der Waals surface area (Å²) in [6.45, 7) is 6.31. The molecule has 7 nitrogen and oxygen atoms in total. The molecule has 1 aromatic heterocycles. The van der Waals surface area contributed by atoms with Gasteiger partial charge in [0.05, 0.1) is 31.1 Å². The number of rotatable bonds is 2. The van der Waals surface area contributed by atoms with E-state index in [1.807, 2.05) is 13.8 Å². The second-order valence-corrected chi connectivity index (χ2v) is 5.99. The number of anilines is 1. The Morgan fingerprint density at radius 1 is 1.43 bits per heavy atom. The van der Waals surface area contributed by atoms with E-state index >= 15 is 0 Å². The maximum absolute atomic E-state index is 12.6. The zero-order valence-corrected chi connectivity index (χ0v) is 12.5. The molecular formula is C14H22N4O3. The van der Waals surface area contributed by atoms with E-state index in [0.29, 0.717) is 37.7 Å². The van der Waals surface area contributed by atoms with E-state index in [9.17, 15) is 4.79 Å². The molecular weight excluding hydrogens is 272 g/mol. The summed E-state index contributed by atoms with van der Waals surface area (Å²) in [6, 6.07) is 0. The van der Waals surface area contributed by atoms with Crippen LogP contribution in [0.5, 0.6) is 0 Å². The average molecular weight is 294 g/mol. The van der Waals surface area contributed by atoms with Gasteiger partial charge in [0.25, 0.3) is 5.91 Å². The van der Waals surface area contributed by atoms with Crippen molar-refractivity contribution in [2.24, 2.45) is 0 Å². The summed E-state index contributed by atoms with van der Waals surface area (Å²) < 4.78 is 11.4. The number of piperidine rings is 1. The summed E-state index contributed by atoms with van der Waals surface area (Å²) in [5, 5.41) is 6.97. The number of aromatic amines is 1. The normalized spacial score (nSPS) is 21.4. The highest BCUT2D eigenvalue weighted by molar-refractivity contribution is 5.97. The van der Waals surface area contributed by atoms with Crippen LogP contribution >= 0.6 is 0 Å². The fourth-order valence-electron chi connectivity index (χ4n) is 3.01. The molecule has 2 saturated heterocycles. The molecule has 0 bridgehead atoms. The van der Waals surface area contributed by atoms with Crippen LogP contribution in [-0.2, 0) is 9.47 Å². The van der Waals surface area contributed by atoms with E-state index in [4.69, 9.17) is 15.2 Å². The third kappa shape index (κ3) is 2.51. The SMILES string of the molecule is CC(C)c1[nH]nc(C(=O)N2CCCC3(C2)OCCO3)c1N. The van der Waals surface area contributed by atoms with Gasteiger partial charge in [-0.2, -0.15) is 5.10 Å². The number of nitrogens with zero attached hydrogens (tertiary/aromatic N) is 2. The largest absolute Gasteiger partial charge is 0.395 e. The summed E-state index contributed by atoms with van der Waals surface area (Å²) in [5.74, 6) is -0.582. The van der Waals surface area contributed by atoms with Crippen molar-refractivity contribution in [2.75, 3.05) is 32.0 Å². The highest BCUT2D eigenvalue weighted by Crippen LogP contribution is 2.31. The van der Waals surface area contributed by atoms with Crippen LogP contribution in [-0.4, -0.2) is 53.1 Å². The first-order chi connectivity index (χ1) is 10.0. The minimum Gasteiger partial charge on any atom is -0.395 e. The molecule has 2 aliphatic rings. The number of hydrogen-bond donors (Lipinski definition) is 2. The van der Waals surface area contributed by atoms with E-state index in [1.165, 1.54) is 0 Å². The lowest BCUT2D eigenvalue weighted by Gasteiger charge is -2.38. The Hall–Kier alpha value is -1.60. The van der Waals surface area contributed by atoms with Crippen molar-refractivity contribution in [1.82, 2.24) is 15.1 Å². The van der Waals surface area contributed by atoms with Crippen molar-refractivity contribution in [3.05, 3.63) is 11.4 Å². The molecule has 3 rings (SSSR count). The van der Waals surface area contributed by atoms with Crippen LogP contribution in [0.3, 0.4) is 0 Å². The zero-order valence-electron chi connectivity index (χ0n) is 12.5. The molecule has 116 valence electrons. The topological polar surface area (TPSA) is 93.5 Å². The van der Waals surface area contributed by atoms with Crippen molar-refractivity contribution in [3.8, 4) is 0 Å². The van der Waals surface area contributed by atoms with Gasteiger partial charge in [-0.05, 0) is 12.3 Å². The monoisotopic (exact) mass is 294 g/mol. The Kier molecular flexibility index (Phi) is 3.62. The molecule has 2 aliphatic heterocycles. The van der Waals surface area contributed by atoms with E-state index in [2.05, 4.69) is 10.2 Å². The van der Waals surface area contributed by atoms with Crippen molar-refractivity contribution in [2.45, 2.75) is 38.4 Å². The fourth-order valence-corrected chi connectivity index (χ4v) is 3.01. The third-order valence-corrected chi connectivity index (χ3v) is 4.13. The molecule has 1 aromatic rings. The first kappa shape index (κ1) is 14.3. The molecule has 3 heterocycles. The molecule has 7 heteroatoms. The van der Waals surface area contributed by atoms with Crippen LogP contribution < -0.4 is 5.73 Å². The summed E-state index contributed by atoms with van der Waals surface area (Å²) in [4.78, 5) is 14.4. The van der Waals surface area contributed by atoms with Crippen LogP contribution in [0.25, 0.3) is 0 Å². The van der Waals surface area contributed by atoms with Gasteiger partial charge in [0.15, 0.2) is 11.5 Å². The summed E-state index contributed by atoms with van der Waals surface area (Å²) >= 11 is 0. The van der Waals surface area contributed by atoms with Crippen LogP contribution in [0, 0.1) is 0 Å². The maximum Gasteiger partial charge on any atom is 0.276 e. The second-order valence-electron chi connectivity index (χ2n) is 5.99. The zero-order chi connectivity index (χ0) is 15.0. The first-order valence-corrected chi connectivity index (χ1v) is 7.43. The van der Waals surface area contributed by atoms with Gasteiger partial charge in [0.2, 0.25) is 0 Å². The molecule has 2 fully saturated rings. The summed E-state index contributed by atoms with van der Waals surface area (Å²) in [6.07, 6.45) is 1.68. The number of amides is 1. The second kappa shape index (κ2) is 5.31. The van der Waals surface area contributed by atoms with E-state index in [0.717, 1.165) is 18.5 Å². The number of nitrogen functional groups attached to an aromatic ring is 1. The first-order valence-electron chi connectivity index (χ1n) is 7.43. The molecule has 0 saturated carbocycles. The quantitative estimate of drug-likeness (QED) is 0.851. The van der Waals surface area contributed by atoms with E-state index in [-0.39, 0.29) is 11.8 Å². The van der Waals surface area contributed by atoms with Gasteiger partial charge in [-0.1, -0.05) is 13.8 Å². The maximum atomic E-state index is 12.6. The van der Waals surface area contributed by atoms with E-state index in [1.54, 1.807) is 4.90 Å². The van der Waals surface area contributed by atoms with Crippen LogP contribution in [0.4, 0.5) is 5.69 Å². The Morgan fingerprint density at radius 2 is 2.14 bits per heavy atom. The number of H-pyrrole nitrogens is 1. The number of nitrogens with two attached hydrogens (primary N) is 1. The summed E-state index contributed by atoms with van der Waals surface area (Å²) in [7, 11) is 0. The molecule has 1 spiro atoms. The number of likely N-dealkylation sites (tertiary alicyclic amines) is 1. The molecule has 21 heavy (non-hydrogen) atoms. The molecule has 1 amide bonds. The highest BCUT2D eigenvalue weighted by Gasteiger charge is 2.42. The van der Waals surface area contributed by atoms with Gasteiger partial charge < -0.3 is 20.1 Å². The van der Waals surface area contributed by atoms with Gasteiger partial charge in [-0.25, -0.2) is 0 Å². The van der Waals surface area contributed by atoms with Gasteiger partial charge >= 0.3 is 0 Å². The Balaban J connectivity index is 1.78. The average Bonchev–Trinajstić information content (AvgIpc) is 3.05. The predicted octanol–water partition coefficient (Wildman–Crippen LogP) is 1.09. The Labute approximate surface area is 123 Å². The molecule has 0 unspecified atom stereocenters. The van der Waals surface area contributed by atoms with Gasteiger partial charge in [-0.3, -0.25) is 9.89 Å². The van der Waals surface area contributed by atoms with Gasteiger partial charge in [-0.15, -0.1) is 0 Å². The van der Waals surface area contributed by atoms with Crippen molar-refractivity contribution in [3.63, 3.8) is 0 Å². The standard InChI is InChI=1S/C14H22N4O3/c1-9(2)11-10(15)12(17-16-11)13(19)18-5-3-4-14(8-18)20-6-7-21-14/h9H,3-8,15H2,1-2H3,(H,16,17). The minimum atomic E-state index is -0.625. The number of nitrogens with one attached hydrogen (secondary N) is 1. The van der Waals surface area contributed by atoms with Gasteiger partial charge in [0.1, 0.15) is 0 Å². The lowest BCUT2D eigenvalue weighted by atomic mass is 10.0. The molecule has 3 N–H and O–H groups in total. The van der Waals surface area contributed by atoms with Crippen LogP contribution in [0.1, 0.15) is 48.8 Å². The summed E-state index contributed by atoms with van der Waals surface area (Å²) in [5.41, 5.74) is 7.60. The molecule has 0 atom stereocenters. The van der Waals surface area contributed by atoms with Crippen molar-refractivity contribution >= 4 is 11.6 Å². The number of aromatic nitrogens is 2. The number of ether oxygens (including phenoxy) is 2. The number of carbonyl (C=O) groups excluding carboxylic acids is 1. The Morgan fingerprint density at radius 3 is 2.76 bits per heavy atom. The Bertz CT molecular complexity index is 534. The van der Waals surface area contributed by atoms with Crippen LogP contribution in [0.2, 0.25) is 0 Å². The van der Waals surface area contributed by atoms with Gasteiger partial charge in [0, 0.05) is 13.0 Å². The number of carbonyl (C=O) groups is 1. The molecule has 0 aromatic carbocycles. The minimum absolute atomic E-state index is 0.158. The molecule has 0 aliphatic carbocycles. The van der Waals surface area contributed by atoms with Crippen LogP contribution in [0.15, 0.2) is 0 Å². The molecule has 0 radical (unpaired) electrons. The van der Waals surface area contributed by atoms with Crippen molar-refractivity contribution < 1.29 is 14.3 Å². The number of hydrogen-bond acceptors (Lipinski definition) is 5. The van der Waals surface area contributed by atoms with Crippen molar-refractivity contribution in [1.29, 1.82) is 0 Å². The lowest BCUT2D eigenvalue weighted by molar-refractivity contribution is -0.183. The smallest absolute Gasteiger partial charge is 0.276 e. The van der Waals surface area contributed by atoms with E-state index < -0.39 is 5.79 Å². The highest BCUT2D eigenvalue weighted by atomic mass is 16.7. The lowest BCUT2D eigenvalue weighted by Crippen LogP contribution is -2.51. The fraction of sp³-hybridized carbons (Fsp3) is 0.714. The predicted molar refractivity (Wildman–Crippen MR) is 76.9 cm³/mol.